The molecule has 20 heavy (non-hydrogen) atoms. The Labute approximate surface area is 113 Å². The van der Waals surface area contributed by atoms with Gasteiger partial charge in [0, 0.05) is 11.3 Å². The minimum atomic E-state index is -2.95. The van der Waals surface area contributed by atoms with E-state index in [9.17, 15) is 18.0 Å². The molecule has 0 aromatic heterocycles. The Hall–Kier alpha value is -2.50. The van der Waals surface area contributed by atoms with Gasteiger partial charge in [0.05, 0.1) is 0 Å². The summed E-state index contributed by atoms with van der Waals surface area (Å²) in [4.78, 5) is 11.9. The van der Waals surface area contributed by atoms with Crippen molar-refractivity contribution in [3.63, 3.8) is 0 Å². The van der Waals surface area contributed by atoms with Crippen molar-refractivity contribution < 1.29 is 22.7 Å². The molecule has 0 unspecified atom stereocenters. The van der Waals surface area contributed by atoms with Crippen molar-refractivity contribution in [1.29, 1.82) is 0 Å². The number of carbonyl (C=O) groups excluding carboxylic acids is 1. The predicted octanol–water partition coefficient (Wildman–Crippen LogP) is 3.68. The van der Waals surface area contributed by atoms with Crippen molar-refractivity contribution in [3.8, 4) is 5.75 Å². The maximum atomic E-state index is 12.7. The summed E-state index contributed by atoms with van der Waals surface area (Å²) in [6.07, 6.45) is 0. The number of alkyl halides is 2. The lowest BCUT2D eigenvalue weighted by Gasteiger charge is -2.08. The lowest BCUT2D eigenvalue weighted by molar-refractivity contribution is -0.0498. The summed E-state index contributed by atoms with van der Waals surface area (Å²) in [6.45, 7) is -2.95. The molecule has 1 amide bonds. The second-order valence-corrected chi connectivity index (χ2v) is 3.87. The summed E-state index contributed by atoms with van der Waals surface area (Å²) in [5.74, 6) is -1.03. The normalized spacial score (nSPS) is 10.4. The van der Waals surface area contributed by atoms with Gasteiger partial charge in [-0.1, -0.05) is 6.07 Å². The second-order valence-electron chi connectivity index (χ2n) is 3.87. The molecule has 0 spiro atoms. The summed E-state index contributed by atoms with van der Waals surface area (Å²) in [5, 5.41) is 2.52. The van der Waals surface area contributed by atoms with Crippen LogP contribution in [0.1, 0.15) is 10.4 Å². The Morgan fingerprint density at radius 2 is 1.80 bits per heavy atom. The van der Waals surface area contributed by atoms with E-state index in [-0.39, 0.29) is 11.3 Å². The Morgan fingerprint density at radius 3 is 2.45 bits per heavy atom. The molecule has 2 rings (SSSR count). The molecule has 0 aliphatic carbocycles. The molecule has 0 fully saturated rings. The van der Waals surface area contributed by atoms with Crippen LogP contribution in [0.4, 0.5) is 18.9 Å². The molecule has 0 atom stereocenters. The first kappa shape index (κ1) is 13.9. The smallest absolute Gasteiger partial charge is 0.387 e. The van der Waals surface area contributed by atoms with Crippen LogP contribution in [0.5, 0.6) is 5.75 Å². The first-order chi connectivity index (χ1) is 9.54. The quantitative estimate of drug-likeness (QED) is 0.928. The van der Waals surface area contributed by atoms with E-state index in [1.165, 1.54) is 48.5 Å². The zero-order valence-corrected chi connectivity index (χ0v) is 10.1. The van der Waals surface area contributed by atoms with Gasteiger partial charge in [-0.3, -0.25) is 4.79 Å². The number of benzene rings is 2. The van der Waals surface area contributed by atoms with Gasteiger partial charge < -0.3 is 10.1 Å². The number of nitrogens with one attached hydrogen (secondary N) is 1. The van der Waals surface area contributed by atoms with E-state index in [4.69, 9.17) is 0 Å². The van der Waals surface area contributed by atoms with E-state index in [2.05, 4.69) is 10.1 Å². The summed E-state index contributed by atoms with van der Waals surface area (Å²) in [5.41, 5.74) is 0.559. The molecule has 0 bridgehead atoms. The van der Waals surface area contributed by atoms with Crippen molar-refractivity contribution in [2.45, 2.75) is 6.61 Å². The molecule has 0 heterocycles. The third-order valence-corrected chi connectivity index (χ3v) is 2.42. The number of ether oxygens (including phenoxy) is 1. The molecule has 1 N–H and O–H groups in total. The van der Waals surface area contributed by atoms with Crippen LogP contribution in [-0.4, -0.2) is 12.5 Å². The number of amides is 1. The summed E-state index contributed by atoms with van der Waals surface area (Å²) in [7, 11) is 0. The Balaban J connectivity index is 2.10. The van der Waals surface area contributed by atoms with Gasteiger partial charge in [0.25, 0.3) is 5.91 Å². The second kappa shape index (κ2) is 6.10. The summed E-state index contributed by atoms with van der Waals surface area (Å²) >= 11 is 0. The van der Waals surface area contributed by atoms with E-state index >= 15 is 0 Å². The van der Waals surface area contributed by atoms with Crippen LogP contribution in [0.25, 0.3) is 0 Å². The molecule has 0 saturated heterocycles. The van der Waals surface area contributed by atoms with Crippen LogP contribution in [0, 0.1) is 5.82 Å². The number of anilines is 1. The Kier molecular flexibility index (Phi) is 4.24. The standard InChI is InChI=1S/C14H10F3NO2/c15-10-4-6-11(7-5-10)18-13(19)9-2-1-3-12(8-9)20-14(16)17/h1-8,14H,(H,18,19). The number of hydrogen-bond acceptors (Lipinski definition) is 2. The van der Waals surface area contributed by atoms with Crippen molar-refractivity contribution >= 4 is 11.6 Å². The van der Waals surface area contributed by atoms with E-state index in [1.807, 2.05) is 0 Å². The zero-order chi connectivity index (χ0) is 14.5. The molecule has 104 valence electrons. The minimum Gasteiger partial charge on any atom is -0.435 e. The highest BCUT2D eigenvalue weighted by Gasteiger charge is 2.09. The highest BCUT2D eigenvalue weighted by molar-refractivity contribution is 6.04. The third-order valence-electron chi connectivity index (χ3n) is 2.42. The average molecular weight is 281 g/mol. The maximum Gasteiger partial charge on any atom is 0.387 e. The van der Waals surface area contributed by atoms with Crippen molar-refractivity contribution in [1.82, 2.24) is 0 Å². The molecule has 3 nitrogen and oxygen atoms in total. The molecular weight excluding hydrogens is 271 g/mol. The largest absolute Gasteiger partial charge is 0.435 e. The Morgan fingerprint density at radius 1 is 1.10 bits per heavy atom. The van der Waals surface area contributed by atoms with Crippen LogP contribution in [0.2, 0.25) is 0 Å². The Bertz CT molecular complexity index is 600. The van der Waals surface area contributed by atoms with Crippen LogP contribution >= 0.6 is 0 Å². The highest BCUT2D eigenvalue weighted by atomic mass is 19.3. The van der Waals surface area contributed by atoms with E-state index in [0.29, 0.717) is 5.69 Å². The first-order valence-electron chi connectivity index (χ1n) is 5.66. The zero-order valence-electron chi connectivity index (χ0n) is 10.1. The number of carbonyl (C=O) groups is 1. The lowest BCUT2D eigenvalue weighted by Crippen LogP contribution is -2.12. The van der Waals surface area contributed by atoms with E-state index < -0.39 is 18.3 Å². The van der Waals surface area contributed by atoms with Gasteiger partial charge in [-0.25, -0.2) is 4.39 Å². The molecule has 0 radical (unpaired) electrons. The average Bonchev–Trinajstić information content (AvgIpc) is 2.41. The fourth-order valence-electron chi connectivity index (χ4n) is 1.55. The fourth-order valence-corrected chi connectivity index (χ4v) is 1.55. The van der Waals surface area contributed by atoms with Gasteiger partial charge in [0.1, 0.15) is 11.6 Å². The molecule has 6 heteroatoms. The van der Waals surface area contributed by atoms with Crippen LogP contribution in [0.15, 0.2) is 48.5 Å². The van der Waals surface area contributed by atoms with Crippen LogP contribution in [0.3, 0.4) is 0 Å². The van der Waals surface area contributed by atoms with Crippen molar-refractivity contribution in [2.75, 3.05) is 5.32 Å². The number of halogens is 3. The number of hydrogen-bond donors (Lipinski definition) is 1. The van der Waals surface area contributed by atoms with Crippen molar-refractivity contribution in [2.24, 2.45) is 0 Å². The van der Waals surface area contributed by atoms with E-state index in [0.717, 1.165) is 0 Å². The monoisotopic (exact) mass is 281 g/mol. The highest BCUT2D eigenvalue weighted by Crippen LogP contribution is 2.17. The maximum absolute atomic E-state index is 12.7. The minimum absolute atomic E-state index is 0.105. The fraction of sp³-hybridized carbons (Fsp3) is 0.0714. The van der Waals surface area contributed by atoms with Gasteiger partial charge in [-0.05, 0) is 42.5 Å². The van der Waals surface area contributed by atoms with Gasteiger partial charge in [0.2, 0.25) is 0 Å². The molecular formula is C14H10F3NO2. The van der Waals surface area contributed by atoms with Crippen LogP contribution < -0.4 is 10.1 Å². The molecule has 0 aliphatic heterocycles. The summed E-state index contributed by atoms with van der Waals surface area (Å²) in [6, 6.07) is 10.6. The lowest BCUT2D eigenvalue weighted by atomic mass is 10.2. The van der Waals surface area contributed by atoms with Gasteiger partial charge in [-0.2, -0.15) is 8.78 Å². The number of rotatable bonds is 4. The van der Waals surface area contributed by atoms with E-state index in [1.54, 1.807) is 0 Å². The summed E-state index contributed by atoms with van der Waals surface area (Å²) < 4.78 is 41.1. The third kappa shape index (κ3) is 3.74. The van der Waals surface area contributed by atoms with Crippen molar-refractivity contribution in [3.05, 3.63) is 59.9 Å². The first-order valence-corrected chi connectivity index (χ1v) is 5.66. The SMILES string of the molecule is O=C(Nc1ccc(F)cc1)c1cccc(OC(F)F)c1. The van der Waals surface area contributed by atoms with Crippen LogP contribution in [-0.2, 0) is 0 Å². The molecule has 2 aromatic rings. The molecule has 0 saturated carbocycles. The van der Waals surface area contributed by atoms with Gasteiger partial charge in [0.15, 0.2) is 0 Å². The predicted molar refractivity (Wildman–Crippen MR) is 67.4 cm³/mol. The van der Waals surface area contributed by atoms with Gasteiger partial charge in [-0.15, -0.1) is 0 Å². The van der Waals surface area contributed by atoms with Gasteiger partial charge >= 0.3 is 6.61 Å². The topological polar surface area (TPSA) is 38.3 Å². The molecule has 0 aliphatic rings. The molecule has 2 aromatic carbocycles.